The van der Waals surface area contributed by atoms with E-state index in [1.807, 2.05) is 36.4 Å². The highest BCUT2D eigenvalue weighted by molar-refractivity contribution is 7.99. The minimum atomic E-state index is 0.207. The van der Waals surface area contributed by atoms with Crippen LogP contribution < -0.4 is 0 Å². The number of para-hydroxylation sites is 1. The van der Waals surface area contributed by atoms with Crippen LogP contribution in [0.15, 0.2) is 65.8 Å². The van der Waals surface area contributed by atoms with Gasteiger partial charge in [0, 0.05) is 24.7 Å². The summed E-state index contributed by atoms with van der Waals surface area (Å²) in [7, 11) is 0. The van der Waals surface area contributed by atoms with E-state index in [0.29, 0.717) is 18.2 Å². The third-order valence-corrected chi connectivity index (χ3v) is 6.58. The van der Waals surface area contributed by atoms with Crippen molar-refractivity contribution >= 4 is 17.7 Å². The molecule has 0 spiro atoms. The highest BCUT2D eigenvalue weighted by atomic mass is 32.2. The Morgan fingerprint density at radius 1 is 1.03 bits per heavy atom. The van der Waals surface area contributed by atoms with Crippen molar-refractivity contribution in [1.82, 2.24) is 19.7 Å². The molecule has 2 heterocycles. The molecule has 3 aromatic rings. The van der Waals surface area contributed by atoms with Gasteiger partial charge in [0.05, 0.1) is 5.75 Å². The Balaban J connectivity index is 1.55. The molecule has 1 aromatic heterocycles. The second kappa shape index (κ2) is 9.94. The molecule has 0 aliphatic carbocycles. The third kappa shape index (κ3) is 4.75. The van der Waals surface area contributed by atoms with Crippen molar-refractivity contribution in [3.8, 4) is 5.69 Å². The molecule has 5 nitrogen and oxygen atoms in total. The number of nitrogens with zero attached hydrogens (tertiary/aromatic N) is 4. The van der Waals surface area contributed by atoms with Crippen LogP contribution in [0.3, 0.4) is 0 Å². The van der Waals surface area contributed by atoms with Gasteiger partial charge in [0.15, 0.2) is 5.16 Å². The molecule has 0 N–H and O–H groups in total. The van der Waals surface area contributed by atoms with Crippen molar-refractivity contribution in [1.29, 1.82) is 0 Å². The second-order valence-electron chi connectivity index (χ2n) is 7.67. The van der Waals surface area contributed by atoms with Gasteiger partial charge in [0.1, 0.15) is 5.82 Å². The van der Waals surface area contributed by atoms with E-state index >= 15 is 0 Å². The number of hydrogen-bond donors (Lipinski definition) is 0. The Hall–Kier alpha value is -2.60. The van der Waals surface area contributed by atoms with Gasteiger partial charge in [-0.05, 0) is 43.4 Å². The number of benzene rings is 2. The number of carbonyl (C=O) groups is 1. The molecule has 30 heavy (non-hydrogen) atoms. The van der Waals surface area contributed by atoms with Crippen LogP contribution in [0.25, 0.3) is 5.69 Å². The Bertz CT molecular complexity index is 958. The highest BCUT2D eigenvalue weighted by Gasteiger charge is 2.26. The molecule has 1 aliphatic heterocycles. The molecule has 156 valence electrons. The maximum Gasteiger partial charge on any atom is 0.233 e. The molecular weight excluding hydrogens is 392 g/mol. The zero-order valence-electron chi connectivity index (χ0n) is 17.4. The Labute approximate surface area is 182 Å². The fourth-order valence-electron chi connectivity index (χ4n) is 4.09. The van der Waals surface area contributed by atoms with Gasteiger partial charge in [-0.2, -0.15) is 0 Å². The fourth-order valence-corrected chi connectivity index (χ4v) is 4.94. The summed E-state index contributed by atoms with van der Waals surface area (Å²) in [6, 6.07) is 20.8. The molecular formula is C24H28N4OS. The van der Waals surface area contributed by atoms with Gasteiger partial charge in [-0.15, -0.1) is 10.2 Å². The van der Waals surface area contributed by atoms with Crippen LogP contribution in [-0.4, -0.2) is 43.9 Å². The SMILES string of the molecule is CCC1CCCCN1C(=O)CSc1nnc(Cc2ccccc2)n1-c1ccccc1. The number of thioether (sulfide) groups is 1. The van der Waals surface area contributed by atoms with Gasteiger partial charge in [-0.3, -0.25) is 9.36 Å². The zero-order chi connectivity index (χ0) is 20.8. The zero-order valence-corrected chi connectivity index (χ0v) is 18.2. The summed E-state index contributed by atoms with van der Waals surface area (Å²) in [5, 5.41) is 9.70. The minimum absolute atomic E-state index is 0.207. The van der Waals surface area contributed by atoms with Crippen molar-refractivity contribution in [3.05, 3.63) is 72.1 Å². The van der Waals surface area contributed by atoms with Crippen LogP contribution in [0.1, 0.15) is 44.0 Å². The van der Waals surface area contributed by atoms with E-state index in [4.69, 9.17) is 0 Å². The number of amides is 1. The summed E-state index contributed by atoms with van der Waals surface area (Å²) < 4.78 is 2.08. The van der Waals surface area contributed by atoms with Gasteiger partial charge >= 0.3 is 0 Å². The monoisotopic (exact) mass is 420 g/mol. The van der Waals surface area contributed by atoms with Crippen molar-refractivity contribution in [2.24, 2.45) is 0 Å². The van der Waals surface area contributed by atoms with Crippen molar-refractivity contribution in [3.63, 3.8) is 0 Å². The summed E-state index contributed by atoms with van der Waals surface area (Å²) in [6.45, 7) is 3.05. The quantitative estimate of drug-likeness (QED) is 0.518. The lowest BCUT2D eigenvalue weighted by Gasteiger charge is -2.35. The van der Waals surface area contributed by atoms with E-state index in [1.54, 1.807) is 0 Å². The molecule has 1 aliphatic rings. The van der Waals surface area contributed by atoms with E-state index in [2.05, 4.69) is 50.9 Å². The topological polar surface area (TPSA) is 51.0 Å². The number of likely N-dealkylation sites (tertiary alicyclic amines) is 1. The Morgan fingerprint density at radius 3 is 2.50 bits per heavy atom. The van der Waals surface area contributed by atoms with Crippen LogP contribution in [-0.2, 0) is 11.2 Å². The first kappa shape index (κ1) is 20.7. The first-order valence-corrected chi connectivity index (χ1v) is 11.7. The highest BCUT2D eigenvalue weighted by Crippen LogP contribution is 2.26. The average Bonchev–Trinajstić information content (AvgIpc) is 3.21. The van der Waals surface area contributed by atoms with E-state index in [9.17, 15) is 4.79 Å². The number of aromatic nitrogens is 3. The summed E-state index contributed by atoms with van der Waals surface area (Å²) in [5.74, 6) is 1.48. The molecule has 1 saturated heterocycles. The smallest absolute Gasteiger partial charge is 0.233 e. The van der Waals surface area contributed by atoms with Gasteiger partial charge < -0.3 is 4.90 Å². The van der Waals surface area contributed by atoms with Crippen LogP contribution in [0.5, 0.6) is 0 Å². The van der Waals surface area contributed by atoms with Crippen molar-refractivity contribution < 1.29 is 4.79 Å². The summed E-state index contributed by atoms with van der Waals surface area (Å²) >= 11 is 1.49. The molecule has 0 bridgehead atoms. The molecule has 1 fully saturated rings. The summed E-state index contributed by atoms with van der Waals surface area (Å²) in [4.78, 5) is 15.0. The van der Waals surface area contributed by atoms with Gasteiger partial charge in [0.2, 0.25) is 5.91 Å². The average molecular weight is 421 g/mol. The Morgan fingerprint density at radius 2 is 1.77 bits per heavy atom. The van der Waals surface area contributed by atoms with Crippen molar-refractivity contribution in [2.45, 2.75) is 50.2 Å². The van der Waals surface area contributed by atoms with Crippen molar-refractivity contribution in [2.75, 3.05) is 12.3 Å². The first-order chi connectivity index (χ1) is 14.8. The normalized spacial score (nSPS) is 16.6. The molecule has 1 unspecified atom stereocenters. The lowest BCUT2D eigenvalue weighted by atomic mass is 10.0. The van der Waals surface area contributed by atoms with Crippen LogP contribution in [0.2, 0.25) is 0 Å². The van der Waals surface area contributed by atoms with E-state index in [1.165, 1.54) is 23.7 Å². The first-order valence-electron chi connectivity index (χ1n) is 10.7. The molecule has 0 radical (unpaired) electrons. The lowest BCUT2D eigenvalue weighted by Crippen LogP contribution is -2.44. The minimum Gasteiger partial charge on any atom is -0.339 e. The molecule has 1 amide bonds. The predicted molar refractivity (Wildman–Crippen MR) is 121 cm³/mol. The second-order valence-corrected chi connectivity index (χ2v) is 8.61. The number of carbonyl (C=O) groups excluding carboxylic acids is 1. The number of hydrogen-bond acceptors (Lipinski definition) is 4. The summed E-state index contributed by atoms with van der Waals surface area (Å²) in [5.41, 5.74) is 2.21. The third-order valence-electron chi connectivity index (χ3n) is 5.66. The number of rotatable bonds is 7. The van der Waals surface area contributed by atoms with Crippen LogP contribution >= 0.6 is 11.8 Å². The molecule has 1 atom stereocenters. The maximum absolute atomic E-state index is 12.9. The largest absolute Gasteiger partial charge is 0.339 e. The lowest BCUT2D eigenvalue weighted by molar-refractivity contribution is -0.132. The molecule has 2 aromatic carbocycles. The van der Waals surface area contributed by atoms with Crippen LogP contribution in [0, 0.1) is 0 Å². The van der Waals surface area contributed by atoms with E-state index in [0.717, 1.165) is 42.5 Å². The summed E-state index contributed by atoms with van der Waals surface area (Å²) in [6.07, 6.45) is 5.17. The van der Waals surface area contributed by atoms with E-state index < -0.39 is 0 Å². The molecule has 4 rings (SSSR count). The fraction of sp³-hybridized carbons (Fsp3) is 0.375. The van der Waals surface area contributed by atoms with Gasteiger partial charge in [-0.1, -0.05) is 67.2 Å². The van der Waals surface area contributed by atoms with Crippen LogP contribution in [0.4, 0.5) is 0 Å². The van der Waals surface area contributed by atoms with Gasteiger partial charge in [0.25, 0.3) is 0 Å². The Kier molecular flexibility index (Phi) is 6.84. The predicted octanol–water partition coefficient (Wildman–Crippen LogP) is 4.74. The molecule has 6 heteroatoms. The molecule has 0 saturated carbocycles. The standard InChI is InChI=1S/C24H28N4OS/c1-2-20-13-9-10-16-27(20)23(29)18-30-24-26-25-22(17-19-11-5-3-6-12-19)28(24)21-14-7-4-8-15-21/h3-8,11-12,14-15,20H,2,9-10,13,16-18H2,1H3. The van der Waals surface area contributed by atoms with Gasteiger partial charge in [-0.25, -0.2) is 0 Å². The van der Waals surface area contributed by atoms with E-state index in [-0.39, 0.29) is 5.91 Å². The number of piperidine rings is 1. The maximum atomic E-state index is 12.9.